The molecule has 2 aromatic carbocycles. The van der Waals surface area contributed by atoms with E-state index in [2.05, 4.69) is 10.6 Å². The largest absolute Gasteiger partial charge is 0.378 e. The number of morpholine rings is 1. The minimum absolute atomic E-state index is 0.0676. The van der Waals surface area contributed by atoms with E-state index in [1.807, 2.05) is 11.8 Å². The molecule has 0 atom stereocenters. The molecule has 9 nitrogen and oxygen atoms in total. The van der Waals surface area contributed by atoms with Crippen LogP contribution in [0.2, 0.25) is 0 Å². The maximum Gasteiger partial charge on any atom is 0.293 e. The van der Waals surface area contributed by atoms with Gasteiger partial charge in [-0.1, -0.05) is 6.92 Å². The van der Waals surface area contributed by atoms with Crippen molar-refractivity contribution in [2.45, 2.75) is 19.8 Å². The van der Waals surface area contributed by atoms with Gasteiger partial charge < -0.3 is 20.3 Å². The summed E-state index contributed by atoms with van der Waals surface area (Å²) in [7, 11) is 0. The molecule has 0 aliphatic carbocycles. The van der Waals surface area contributed by atoms with Crippen molar-refractivity contribution in [1.29, 1.82) is 0 Å². The van der Waals surface area contributed by atoms with Crippen LogP contribution in [0.3, 0.4) is 0 Å². The van der Waals surface area contributed by atoms with Crippen LogP contribution in [-0.4, -0.2) is 43.0 Å². The third-order valence-corrected chi connectivity index (χ3v) is 4.69. The summed E-state index contributed by atoms with van der Waals surface area (Å²) < 4.78 is 5.29. The van der Waals surface area contributed by atoms with E-state index in [0.717, 1.165) is 6.42 Å². The summed E-state index contributed by atoms with van der Waals surface area (Å²) in [6.45, 7) is 4.07. The highest BCUT2D eigenvalue weighted by Gasteiger charge is 2.23. The fourth-order valence-electron chi connectivity index (χ4n) is 3.17. The molecule has 30 heavy (non-hydrogen) atoms. The molecule has 1 saturated heterocycles. The van der Waals surface area contributed by atoms with Gasteiger partial charge in [-0.25, -0.2) is 0 Å². The van der Waals surface area contributed by atoms with Gasteiger partial charge in [0.2, 0.25) is 5.91 Å². The second kappa shape index (κ2) is 9.84. The molecule has 1 aliphatic heterocycles. The zero-order chi connectivity index (χ0) is 21.5. The van der Waals surface area contributed by atoms with Gasteiger partial charge in [-0.2, -0.15) is 0 Å². The molecule has 0 spiro atoms. The number of carbonyl (C=O) groups is 2. The van der Waals surface area contributed by atoms with Crippen LogP contribution in [0.4, 0.5) is 22.7 Å². The Balaban J connectivity index is 1.71. The van der Waals surface area contributed by atoms with Gasteiger partial charge in [-0.05, 0) is 42.8 Å². The van der Waals surface area contributed by atoms with Crippen LogP contribution in [0.15, 0.2) is 42.5 Å². The lowest BCUT2D eigenvalue weighted by Crippen LogP contribution is -2.36. The zero-order valence-corrected chi connectivity index (χ0v) is 16.7. The maximum absolute atomic E-state index is 12.6. The van der Waals surface area contributed by atoms with Crippen LogP contribution in [0.1, 0.15) is 30.1 Å². The summed E-state index contributed by atoms with van der Waals surface area (Å²) in [6.07, 6.45) is 1.20. The second-order valence-electron chi connectivity index (χ2n) is 6.89. The number of ether oxygens (including phenoxy) is 1. The number of nitro groups is 1. The highest BCUT2D eigenvalue weighted by molar-refractivity contribution is 6.05. The van der Waals surface area contributed by atoms with Crippen molar-refractivity contribution in [2.75, 3.05) is 41.8 Å². The standard InChI is InChI=1S/C21H24N4O5/c1-2-3-20(26)22-16-5-7-17(8-6-16)23-21(27)15-4-9-18(19(14-15)25(28)29)24-10-12-30-13-11-24/h4-9,14H,2-3,10-13H2,1H3,(H,22,26)(H,23,27). The van der Waals surface area contributed by atoms with Crippen LogP contribution in [0.25, 0.3) is 0 Å². The Morgan fingerprint density at radius 1 is 1.07 bits per heavy atom. The number of benzene rings is 2. The Labute approximate surface area is 174 Å². The number of rotatable bonds is 7. The number of nitrogens with one attached hydrogen (secondary N) is 2. The van der Waals surface area contributed by atoms with Gasteiger partial charge in [0.25, 0.3) is 11.6 Å². The third-order valence-electron chi connectivity index (χ3n) is 4.69. The van der Waals surface area contributed by atoms with E-state index < -0.39 is 10.8 Å². The van der Waals surface area contributed by atoms with Gasteiger partial charge in [0, 0.05) is 42.5 Å². The highest BCUT2D eigenvalue weighted by atomic mass is 16.6. The molecular weight excluding hydrogens is 388 g/mol. The van der Waals surface area contributed by atoms with E-state index in [1.54, 1.807) is 36.4 Å². The molecule has 158 valence electrons. The topological polar surface area (TPSA) is 114 Å². The molecule has 2 N–H and O–H groups in total. The lowest BCUT2D eigenvalue weighted by molar-refractivity contribution is -0.384. The first-order chi connectivity index (χ1) is 14.5. The van der Waals surface area contributed by atoms with Crippen LogP contribution in [-0.2, 0) is 9.53 Å². The Hall–Kier alpha value is -3.46. The maximum atomic E-state index is 12.6. The minimum Gasteiger partial charge on any atom is -0.378 e. The normalized spacial score (nSPS) is 13.6. The Kier molecular flexibility index (Phi) is 6.97. The average molecular weight is 412 g/mol. The molecule has 0 bridgehead atoms. The lowest BCUT2D eigenvalue weighted by Gasteiger charge is -2.28. The van der Waals surface area contributed by atoms with Crippen LogP contribution >= 0.6 is 0 Å². The molecule has 3 rings (SSSR count). The first kappa shape index (κ1) is 21.3. The molecule has 1 heterocycles. The summed E-state index contributed by atoms with van der Waals surface area (Å²) in [5.41, 5.74) is 1.72. The number of amides is 2. The van der Waals surface area contributed by atoms with E-state index in [4.69, 9.17) is 4.74 Å². The van der Waals surface area contributed by atoms with Crippen LogP contribution < -0.4 is 15.5 Å². The second-order valence-corrected chi connectivity index (χ2v) is 6.89. The molecule has 2 amide bonds. The lowest BCUT2D eigenvalue weighted by atomic mass is 10.1. The summed E-state index contributed by atoms with van der Waals surface area (Å²) in [5, 5.41) is 17.0. The minimum atomic E-state index is -0.477. The van der Waals surface area contributed by atoms with Crippen molar-refractivity contribution in [2.24, 2.45) is 0 Å². The van der Waals surface area contributed by atoms with Crippen LogP contribution in [0.5, 0.6) is 0 Å². The van der Waals surface area contributed by atoms with Crippen molar-refractivity contribution in [3.63, 3.8) is 0 Å². The summed E-state index contributed by atoms with van der Waals surface area (Å²) in [6, 6.07) is 11.2. The van der Waals surface area contributed by atoms with Crippen molar-refractivity contribution in [3.8, 4) is 0 Å². The highest BCUT2D eigenvalue weighted by Crippen LogP contribution is 2.30. The Morgan fingerprint density at radius 3 is 2.30 bits per heavy atom. The predicted molar refractivity (Wildman–Crippen MR) is 114 cm³/mol. The number of nitro benzene ring substituents is 1. The molecule has 0 unspecified atom stereocenters. The molecule has 1 fully saturated rings. The van der Waals surface area contributed by atoms with Gasteiger partial charge in [0.1, 0.15) is 5.69 Å². The zero-order valence-electron chi connectivity index (χ0n) is 16.7. The number of hydrogen-bond acceptors (Lipinski definition) is 6. The van der Waals surface area contributed by atoms with Crippen molar-refractivity contribution < 1.29 is 19.2 Å². The third kappa shape index (κ3) is 5.32. The van der Waals surface area contributed by atoms with E-state index in [1.165, 1.54) is 6.07 Å². The van der Waals surface area contributed by atoms with Gasteiger partial charge in [0.05, 0.1) is 18.1 Å². The van der Waals surface area contributed by atoms with E-state index >= 15 is 0 Å². The van der Waals surface area contributed by atoms with E-state index in [9.17, 15) is 19.7 Å². The molecule has 9 heteroatoms. The summed E-state index contributed by atoms with van der Waals surface area (Å²) in [4.78, 5) is 37.2. The van der Waals surface area contributed by atoms with Crippen molar-refractivity contribution in [3.05, 3.63) is 58.1 Å². The molecule has 0 radical (unpaired) electrons. The number of hydrogen-bond donors (Lipinski definition) is 2. The molecule has 1 aliphatic rings. The number of carbonyl (C=O) groups excluding carboxylic acids is 2. The van der Waals surface area contributed by atoms with Gasteiger partial charge >= 0.3 is 0 Å². The predicted octanol–water partition coefficient (Wildman–Crippen LogP) is 3.42. The van der Waals surface area contributed by atoms with Crippen molar-refractivity contribution in [1.82, 2.24) is 0 Å². The van der Waals surface area contributed by atoms with Gasteiger partial charge in [0.15, 0.2) is 0 Å². The van der Waals surface area contributed by atoms with Crippen molar-refractivity contribution >= 4 is 34.6 Å². The summed E-state index contributed by atoms with van der Waals surface area (Å²) >= 11 is 0. The van der Waals surface area contributed by atoms with Crippen LogP contribution in [0, 0.1) is 10.1 Å². The van der Waals surface area contributed by atoms with Gasteiger partial charge in [-0.3, -0.25) is 19.7 Å². The fourth-order valence-corrected chi connectivity index (χ4v) is 3.17. The molecular formula is C21H24N4O5. The average Bonchev–Trinajstić information content (AvgIpc) is 2.75. The first-order valence-electron chi connectivity index (χ1n) is 9.80. The summed E-state index contributed by atoms with van der Waals surface area (Å²) in [5.74, 6) is -0.517. The van der Waals surface area contributed by atoms with E-state index in [0.29, 0.717) is 49.8 Å². The fraction of sp³-hybridized carbons (Fsp3) is 0.333. The molecule has 0 aromatic heterocycles. The quantitative estimate of drug-likeness (QED) is 0.532. The monoisotopic (exact) mass is 412 g/mol. The number of nitrogens with zero attached hydrogens (tertiary/aromatic N) is 2. The Morgan fingerprint density at radius 2 is 1.70 bits per heavy atom. The SMILES string of the molecule is CCCC(=O)Nc1ccc(NC(=O)c2ccc(N3CCOCC3)c([N+](=O)[O-])c2)cc1. The first-order valence-corrected chi connectivity index (χ1v) is 9.80. The number of anilines is 3. The molecule has 2 aromatic rings. The van der Waals surface area contributed by atoms with E-state index in [-0.39, 0.29) is 17.2 Å². The Bertz CT molecular complexity index is 923. The molecule has 0 saturated carbocycles. The smallest absolute Gasteiger partial charge is 0.293 e. The van der Waals surface area contributed by atoms with Gasteiger partial charge in [-0.15, -0.1) is 0 Å².